The van der Waals surface area contributed by atoms with Gasteiger partial charge in [-0.25, -0.2) is 17.9 Å². The van der Waals surface area contributed by atoms with Crippen LogP contribution in [0.1, 0.15) is 39.5 Å². The lowest BCUT2D eigenvalue weighted by Gasteiger charge is -2.22. The molecule has 7 nitrogen and oxygen atoms in total. The van der Waals surface area contributed by atoms with Gasteiger partial charge in [-0.05, 0) is 53.6 Å². The number of amides is 2. The number of carbonyl (C=O) groups is 1. The molecule has 1 aliphatic heterocycles. The topological polar surface area (TPSA) is 81.8 Å². The van der Waals surface area contributed by atoms with E-state index in [0.29, 0.717) is 19.0 Å². The second-order valence-corrected chi connectivity index (χ2v) is 9.24. The molecule has 0 bridgehead atoms. The predicted octanol–water partition coefficient (Wildman–Crippen LogP) is 0.581. The normalized spacial score (nSPS) is 28.8. The van der Waals surface area contributed by atoms with Crippen LogP contribution in [0.5, 0.6) is 0 Å². The molecule has 2 amide bonds. The lowest BCUT2D eigenvalue weighted by Crippen LogP contribution is -2.45. The molecule has 2 rings (SSSR count). The van der Waals surface area contributed by atoms with E-state index in [2.05, 4.69) is 29.0 Å². The van der Waals surface area contributed by atoms with E-state index in [9.17, 15) is 13.2 Å². The first-order valence-corrected chi connectivity index (χ1v) is 9.96. The number of hydrogen-bond donors (Lipinski definition) is 2. The smallest absolute Gasteiger partial charge is 0.317 e. The summed E-state index contributed by atoms with van der Waals surface area (Å²) in [6.07, 6.45) is 3.54. The Hall–Kier alpha value is -0.860. The Balaban J connectivity index is 1.84. The monoisotopic (exact) mass is 346 g/mol. The summed E-state index contributed by atoms with van der Waals surface area (Å²) in [5, 5.41) is 2.56. The van der Waals surface area contributed by atoms with Crippen LogP contribution in [0.4, 0.5) is 4.79 Å². The van der Waals surface area contributed by atoms with Crippen molar-refractivity contribution in [2.75, 3.05) is 27.2 Å². The van der Waals surface area contributed by atoms with Crippen molar-refractivity contribution >= 4 is 16.1 Å². The SMILES string of the molecule is CC(C)NS(=O)(=O)C1CCN(C(=O)NC2CCC(N(C)C)C2)C1. The van der Waals surface area contributed by atoms with E-state index in [4.69, 9.17) is 0 Å². The molecule has 1 aliphatic carbocycles. The maximum atomic E-state index is 12.4. The van der Waals surface area contributed by atoms with Crippen molar-refractivity contribution in [1.82, 2.24) is 19.8 Å². The van der Waals surface area contributed by atoms with Gasteiger partial charge in [0, 0.05) is 31.2 Å². The quantitative estimate of drug-likeness (QED) is 0.763. The zero-order valence-corrected chi connectivity index (χ0v) is 15.4. The summed E-state index contributed by atoms with van der Waals surface area (Å²) in [7, 11) is 0.773. The van der Waals surface area contributed by atoms with Crippen LogP contribution in [0.3, 0.4) is 0 Å². The fourth-order valence-corrected chi connectivity index (χ4v) is 5.06. The number of nitrogens with one attached hydrogen (secondary N) is 2. The molecule has 23 heavy (non-hydrogen) atoms. The molecule has 1 heterocycles. The van der Waals surface area contributed by atoms with Crippen molar-refractivity contribution in [3.63, 3.8) is 0 Å². The number of sulfonamides is 1. The summed E-state index contributed by atoms with van der Waals surface area (Å²) < 4.78 is 27.0. The van der Waals surface area contributed by atoms with Gasteiger partial charge < -0.3 is 15.1 Å². The number of rotatable bonds is 5. The van der Waals surface area contributed by atoms with Gasteiger partial charge in [0.05, 0.1) is 5.25 Å². The van der Waals surface area contributed by atoms with Crippen molar-refractivity contribution < 1.29 is 13.2 Å². The van der Waals surface area contributed by atoms with Crippen LogP contribution in [-0.4, -0.2) is 74.8 Å². The Kier molecular flexibility index (Phi) is 5.91. The first-order chi connectivity index (χ1) is 10.7. The van der Waals surface area contributed by atoms with Gasteiger partial charge >= 0.3 is 6.03 Å². The summed E-state index contributed by atoms with van der Waals surface area (Å²) in [5.41, 5.74) is 0. The third kappa shape index (κ3) is 4.81. The molecule has 0 aromatic carbocycles. The van der Waals surface area contributed by atoms with Crippen molar-refractivity contribution in [3.05, 3.63) is 0 Å². The number of urea groups is 1. The van der Waals surface area contributed by atoms with E-state index in [1.54, 1.807) is 18.7 Å². The molecule has 1 saturated carbocycles. The summed E-state index contributed by atoms with van der Waals surface area (Å²) in [6.45, 7) is 4.38. The Morgan fingerprint density at radius 1 is 1.22 bits per heavy atom. The summed E-state index contributed by atoms with van der Waals surface area (Å²) in [6, 6.07) is 0.461. The second-order valence-electron chi connectivity index (χ2n) is 7.25. The number of nitrogens with zero attached hydrogens (tertiary/aromatic N) is 2. The number of likely N-dealkylation sites (tertiary alicyclic amines) is 1. The zero-order chi connectivity index (χ0) is 17.2. The molecule has 2 N–H and O–H groups in total. The lowest BCUT2D eigenvalue weighted by atomic mass is 10.2. The first kappa shape index (κ1) is 18.5. The molecule has 2 aliphatic rings. The second kappa shape index (κ2) is 7.36. The van der Waals surface area contributed by atoms with Crippen LogP contribution in [-0.2, 0) is 10.0 Å². The molecule has 8 heteroatoms. The molecule has 0 aromatic heterocycles. The summed E-state index contributed by atoms with van der Waals surface area (Å²) >= 11 is 0. The molecule has 3 unspecified atom stereocenters. The molecule has 0 radical (unpaired) electrons. The number of carbonyl (C=O) groups excluding carboxylic acids is 1. The van der Waals surface area contributed by atoms with Crippen LogP contribution in [0, 0.1) is 0 Å². The Bertz CT molecular complexity index is 521. The van der Waals surface area contributed by atoms with Gasteiger partial charge in [-0.1, -0.05) is 0 Å². The first-order valence-electron chi connectivity index (χ1n) is 8.42. The third-order valence-electron chi connectivity index (χ3n) is 4.73. The highest BCUT2D eigenvalue weighted by Gasteiger charge is 2.36. The maximum Gasteiger partial charge on any atom is 0.317 e. The molecule has 0 spiro atoms. The van der Waals surface area contributed by atoms with E-state index in [1.807, 2.05) is 0 Å². The van der Waals surface area contributed by atoms with Crippen LogP contribution >= 0.6 is 0 Å². The van der Waals surface area contributed by atoms with Crippen LogP contribution in [0.15, 0.2) is 0 Å². The highest BCUT2D eigenvalue weighted by Crippen LogP contribution is 2.23. The van der Waals surface area contributed by atoms with Crippen LogP contribution in [0.25, 0.3) is 0 Å². The van der Waals surface area contributed by atoms with E-state index in [1.165, 1.54) is 0 Å². The van der Waals surface area contributed by atoms with Gasteiger partial charge in [-0.2, -0.15) is 0 Å². The average Bonchev–Trinajstić information content (AvgIpc) is 3.05. The predicted molar refractivity (Wildman–Crippen MR) is 90.8 cm³/mol. The number of hydrogen-bond acceptors (Lipinski definition) is 4. The van der Waals surface area contributed by atoms with E-state index < -0.39 is 15.3 Å². The molecule has 2 fully saturated rings. The van der Waals surface area contributed by atoms with Crippen molar-refractivity contribution in [1.29, 1.82) is 0 Å². The van der Waals surface area contributed by atoms with Gasteiger partial charge in [0.2, 0.25) is 10.0 Å². The average molecular weight is 346 g/mol. The zero-order valence-electron chi connectivity index (χ0n) is 14.6. The minimum Gasteiger partial charge on any atom is -0.335 e. The fraction of sp³-hybridized carbons (Fsp3) is 0.933. The van der Waals surface area contributed by atoms with Gasteiger partial charge in [0.1, 0.15) is 0 Å². The van der Waals surface area contributed by atoms with Crippen molar-refractivity contribution in [3.8, 4) is 0 Å². The molecule has 3 atom stereocenters. The molecular weight excluding hydrogens is 316 g/mol. The van der Waals surface area contributed by atoms with Crippen LogP contribution < -0.4 is 10.0 Å². The molecule has 0 aromatic rings. The van der Waals surface area contributed by atoms with Gasteiger partial charge in [-0.15, -0.1) is 0 Å². The highest BCUT2D eigenvalue weighted by molar-refractivity contribution is 7.90. The van der Waals surface area contributed by atoms with Crippen molar-refractivity contribution in [2.24, 2.45) is 0 Å². The third-order valence-corrected chi connectivity index (χ3v) is 6.80. The maximum absolute atomic E-state index is 12.4. The minimum atomic E-state index is -3.35. The van der Waals surface area contributed by atoms with E-state index in [-0.39, 0.29) is 24.7 Å². The lowest BCUT2D eigenvalue weighted by molar-refractivity contribution is 0.203. The minimum absolute atomic E-state index is 0.121. The Morgan fingerprint density at radius 3 is 2.48 bits per heavy atom. The van der Waals surface area contributed by atoms with Crippen molar-refractivity contribution in [2.45, 2.75) is 62.9 Å². The summed E-state index contributed by atoms with van der Waals surface area (Å²) in [5.74, 6) is 0. The Labute approximate surface area is 139 Å². The summed E-state index contributed by atoms with van der Waals surface area (Å²) in [4.78, 5) is 16.2. The van der Waals surface area contributed by atoms with Crippen LogP contribution in [0.2, 0.25) is 0 Å². The van der Waals surface area contributed by atoms with Gasteiger partial charge in [0.15, 0.2) is 0 Å². The van der Waals surface area contributed by atoms with Gasteiger partial charge in [-0.3, -0.25) is 0 Å². The molecule has 134 valence electrons. The largest absolute Gasteiger partial charge is 0.335 e. The Morgan fingerprint density at radius 2 is 1.91 bits per heavy atom. The van der Waals surface area contributed by atoms with E-state index in [0.717, 1.165) is 19.3 Å². The molecule has 1 saturated heterocycles. The van der Waals surface area contributed by atoms with E-state index >= 15 is 0 Å². The highest BCUT2D eigenvalue weighted by atomic mass is 32.2. The van der Waals surface area contributed by atoms with Gasteiger partial charge in [0.25, 0.3) is 0 Å². The fourth-order valence-electron chi connectivity index (χ4n) is 3.41. The standard InChI is InChI=1S/C15H30N4O3S/c1-11(2)17-23(21,22)14-7-8-19(10-14)15(20)16-12-5-6-13(9-12)18(3)4/h11-14,17H,5-10H2,1-4H3,(H,16,20). The molecular formula is C15H30N4O3S.